The van der Waals surface area contributed by atoms with E-state index < -0.39 is 5.60 Å². The van der Waals surface area contributed by atoms with E-state index in [1.807, 2.05) is 19.4 Å². The molecule has 3 heterocycles. The predicted octanol–water partition coefficient (Wildman–Crippen LogP) is 2.10. The molecule has 140 valence electrons. The van der Waals surface area contributed by atoms with Gasteiger partial charge in [0.05, 0.1) is 16.9 Å². The highest BCUT2D eigenvalue weighted by molar-refractivity contribution is 5.97. The molecule has 27 heavy (non-hydrogen) atoms. The lowest BCUT2D eigenvalue weighted by atomic mass is 9.52. The smallest absolute Gasteiger partial charge is 0.185 e. The minimum absolute atomic E-state index is 0.377. The first-order valence-corrected chi connectivity index (χ1v) is 9.77. The van der Waals surface area contributed by atoms with E-state index in [0.717, 1.165) is 41.5 Å². The summed E-state index contributed by atoms with van der Waals surface area (Å²) in [6.45, 7) is 0. The zero-order valence-corrected chi connectivity index (χ0v) is 15.3. The van der Waals surface area contributed by atoms with Crippen LogP contribution in [0.1, 0.15) is 32.1 Å². The molecule has 4 bridgehead atoms. The molecule has 8 heteroatoms. The number of H-pyrrole nitrogens is 1. The molecule has 0 spiro atoms. The third-order valence-electron chi connectivity index (χ3n) is 7.00. The van der Waals surface area contributed by atoms with Crippen molar-refractivity contribution in [1.29, 1.82) is 0 Å². The summed E-state index contributed by atoms with van der Waals surface area (Å²) in [6, 6.07) is 2.43. The molecule has 5 atom stereocenters. The third kappa shape index (κ3) is 2.25. The van der Waals surface area contributed by atoms with Crippen LogP contribution in [-0.4, -0.2) is 46.9 Å². The summed E-state index contributed by atoms with van der Waals surface area (Å²) in [5, 5.41) is 27.8. The van der Waals surface area contributed by atoms with E-state index >= 15 is 0 Å². The molecular formula is C19H23N7O. The van der Waals surface area contributed by atoms with Gasteiger partial charge in [-0.3, -0.25) is 0 Å². The second kappa shape index (κ2) is 5.28. The Labute approximate surface area is 156 Å². The van der Waals surface area contributed by atoms with Crippen LogP contribution in [0.15, 0.2) is 18.5 Å². The number of aromatic nitrogens is 6. The van der Waals surface area contributed by atoms with Gasteiger partial charge < -0.3 is 15.4 Å². The summed E-state index contributed by atoms with van der Waals surface area (Å²) < 4.78 is 1.68. The van der Waals surface area contributed by atoms with E-state index in [2.05, 4.69) is 36.9 Å². The average Bonchev–Trinajstić information content (AvgIpc) is 3.25. The first kappa shape index (κ1) is 15.6. The molecule has 4 aliphatic rings. The molecule has 0 aliphatic heterocycles. The van der Waals surface area contributed by atoms with Crippen molar-refractivity contribution in [2.24, 2.45) is 24.8 Å². The Hall–Kier alpha value is -2.48. The Kier molecular flexibility index (Phi) is 3.05. The van der Waals surface area contributed by atoms with Crippen molar-refractivity contribution >= 4 is 16.7 Å². The Morgan fingerprint density at radius 3 is 2.78 bits per heavy atom. The summed E-state index contributed by atoms with van der Waals surface area (Å²) in [6.07, 6.45) is 9.04. The second-order valence-electron chi connectivity index (χ2n) is 8.78. The number of anilines is 1. The van der Waals surface area contributed by atoms with Gasteiger partial charge in [0, 0.05) is 30.9 Å². The lowest BCUT2D eigenvalue weighted by molar-refractivity contribution is -0.129. The fourth-order valence-electron chi connectivity index (χ4n) is 6.17. The van der Waals surface area contributed by atoms with E-state index in [1.165, 1.54) is 12.8 Å². The summed E-state index contributed by atoms with van der Waals surface area (Å²) in [5.41, 5.74) is 2.40. The highest BCUT2D eigenvalue weighted by Crippen LogP contribution is 2.56. The molecule has 0 aromatic carbocycles. The predicted molar refractivity (Wildman–Crippen MR) is 99.8 cm³/mol. The zero-order valence-electron chi connectivity index (χ0n) is 15.3. The summed E-state index contributed by atoms with van der Waals surface area (Å²) in [5.74, 6) is 2.44. The summed E-state index contributed by atoms with van der Waals surface area (Å²) >= 11 is 0. The Bertz CT molecular complexity index is 1010. The molecule has 0 amide bonds. The van der Waals surface area contributed by atoms with Crippen LogP contribution in [0.3, 0.4) is 0 Å². The first-order chi connectivity index (χ1) is 13.1. The normalized spacial score (nSPS) is 34.4. The number of aromatic amines is 1. The highest BCUT2D eigenvalue weighted by atomic mass is 16.3. The van der Waals surface area contributed by atoms with Gasteiger partial charge in [-0.2, -0.15) is 0 Å². The topological polar surface area (TPSA) is 105 Å². The van der Waals surface area contributed by atoms with Gasteiger partial charge in [-0.15, -0.1) is 5.10 Å². The monoisotopic (exact) mass is 365 g/mol. The van der Waals surface area contributed by atoms with Crippen molar-refractivity contribution < 1.29 is 5.11 Å². The minimum Gasteiger partial charge on any atom is -0.390 e. The van der Waals surface area contributed by atoms with Crippen LogP contribution < -0.4 is 5.32 Å². The van der Waals surface area contributed by atoms with E-state index in [4.69, 9.17) is 0 Å². The van der Waals surface area contributed by atoms with E-state index in [9.17, 15) is 5.11 Å². The van der Waals surface area contributed by atoms with Crippen LogP contribution in [0.5, 0.6) is 0 Å². The number of aryl methyl sites for hydroxylation is 1. The SMILES string of the molecule is Cn1nnnc1-c1cnc2[nH]ccc2c1N[C@H]1[C@@H]2CC3C[C@H]1C[C@@](O)(C3)C2. The number of nitrogens with one attached hydrogen (secondary N) is 2. The molecule has 4 fully saturated rings. The average molecular weight is 365 g/mol. The highest BCUT2D eigenvalue weighted by Gasteiger charge is 2.54. The zero-order chi connectivity index (χ0) is 18.2. The molecule has 3 aromatic rings. The summed E-state index contributed by atoms with van der Waals surface area (Å²) in [4.78, 5) is 7.76. The number of hydrogen-bond donors (Lipinski definition) is 3. The van der Waals surface area contributed by atoms with Gasteiger partial charge in [-0.05, 0) is 66.4 Å². The number of pyridine rings is 1. The van der Waals surface area contributed by atoms with Crippen molar-refractivity contribution in [3.63, 3.8) is 0 Å². The number of rotatable bonds is 3. The van der Waals surface area contributed by atoms with Gasteiger partial charge in [-0.25, -0.2) is 9.67 Å². The maximum Gasteiger partial charge on any atom is 0.185 e. The standard InChI is InChI=1S/C19H23N7O/c1-26-18(23-24-25-26)14-9-21-17-13(2-3-20-17)16(14)22-15-11-4-10-5-12(15)8-19(27,6-10)7-11/h2-3,9-12,15,27H,4-8H2,1H3,(H2,20,21,22)/t10?,11-,12+,15+,19-. The number of aliphatic hydroxyl groups is 1. The van der Waals surface area contributed by atoms with E-state index in [0.29, 0.717) is 29.6 Å². The maximum absolute atomic E-state index is 10.9. The number of tetrazole rings is 1. The summed E-state index contributed by atoms with van der Waals surface area (Å²) in [7, 11) is 1.85. The van der Waals surface area contributed by atoms with Crippen molar-refractivity contribution in [2.75, 3.05) is 5.32 Å². The molecule has 4 saturated carbocycles. The second-order valence-corrected chi connectivity index (χ2v) is 8.78. The first-order valence-electron chi connectivity index (χ1n) is 9.77. The number of nitrogens with zero attached hydrogens (tertiary/aromatic N) is 5. The van der Waals surface area contributed by atoms with Crippen molar-refractivity contribution in [1.82, 2.24) is 30.2 Å². The molecule has 4 aliphatic carbocycles. The Balaban J connectivity index is 1.44. The number of hydrogen-bond acceptors (Lipinski definition) is 6. The quantitative estimate of drug-likeness (QED) is 0.657. The number of fused-ring (bicyclic) bond motifs is 1. The van der Waals surface area contributed by atoms with Crippen LogP contribution in [0, 0.1) is 17.8 Å². The van der Waals surface area contributed by atoms with Crippen LogP contribution in [0.4, 0.5) is 5.69 Å². The van der Waals surface area contributed by atoms with Gasteiger partial charge in [0.1, 0.15) is 5.65 Å². The Morgan fingerprint density at radius 1 is 1.26 bits per heavy atom. The lowest BCUT2D eigenvalue weighted by Crippen LogP contribution is -2.59. The fraction of sp³-hybridized carbons (Fsp3) is 0.579. The van der Waals surface area contributed by atoms with Crippen molar-refractivity contribution in [2.45, 2.75) is 43.7 Å². The molecule has 3 N–H and O–H groups in total. The molecule has 3 aromatic heterocycles. The third-order valence-corrected chi connectivity index (χ3v) is 7.00. The van der Waals surface area contributed by atoms with Gasteiger partial charge in [-0.1, -0.05) is 0 Å². The van der Waals surface area contributed by atoms with E-state index in [-0.39, 0.29) is 0 Å². The molecule has 0 saturated heterocycles. The van der Waals surface area contributed by atoms with Crippen LogP contribution >= 0.6 is 0 Å². The molecular weight excluding hydrogens is 342 g/mol. The van der Waals surface area contributed by atoms with Gasteiger partial charge in [0.25, 0.3) is 0 Å². The molecule has 1 unspecified atom stereocenters. The van der Waals surface area contributed by atoms with Crippen LogP contribution in [-0.2, 0) is 7.05 Å². The lowest BCUT2D eigenvalue weighted by Gasteiger charge is -2.58. The largest absolute Gasteiger partial charge is 0.390 e. The van der Waals surface area contributed by atoms with Crippen molar-refractivity contribution in [3.05, 3.63) is 18.5 Å². The minimum atomic E-state index is -0.424. The Morgan fingerprint density at radius 2 is 2.07 bits per heavy atom. The molecule has 0 radical (unpaired) electrons. The van der Waals surface area contributed by atoms with Crippen LogP contribution in [0.25, 0.3) is 22.4 Å². The molecule has 8 nitrogen and oxygen atoms in total. The van der Waals surface area contributed by atoms with Gasteiger partial charge >= 0.3 is 0 Å². The van der Waals surface area contributed by atoms with Gasteiger partial charge in [0.15, 0.2) is 5.82 Å². The van der Waals surface area contributed by atoms with E-state index in [1.54, 1.807) is 4.68 Å². The van der Waals surface area contributed by atoms with Crippen LogP contribution in [0.2, 0.25) is 0 Å². The maximum atomic E-state index is 10.9. The molecule has 7 rings (SSSR count). The van der Waals surface area contributed by atoms with Gasteiger partial charge in [0.2, 0.25) is 0 Å². The van der Waals surface area contributed by atoms with Crippen molar-refractivity contribution in [3.8, 4) is 11.4 Å². The fourth-order valence-corrected chi connectivity index (χ4v) is 6.17.